The molecule has 7 nitrogen and oxygen atoms in total. The molecule has 0 aliphatic carbocycles. The molecule has 25 heavy (non-hydrogen) atoms. The molecule has 1 aliphatic heterocycles. The number of nitrogens with zero attached hydrogens (tertiary/aromatic N) is 6. The second-order valence-corrected chi connectivity index (χ2v) is 6.38. The van der Waals surface area contributed by atoms with E-state index in [1.165, 1.54) is 4.68 Å². The molecule has 0 atom stereocenters. The van der Waals surface area contributed by atoms with Crippen LogP contribution in [0, 0.1) is 5.92 Å². The van der Waals surface area contributed by atoms with Gasteiger partial charge in [-0.3, -0.25) is 9.78 Å². The van der Waals surface area contributed by atoms with Crippen LogP contribution in [0.3, 0.4) is 0 Å². The lowest BCUT2D eigenvalue weighted by Crippen LogP contribution is -2.50. The molecular formula is C17H15ClN6O. The lowest BCUT2D eigenvalue weighted by molar-refractivity contribution is 0.331. The molecule has 0 radical (unpaired) electrons. The number of anilines is 1. The van der Waals surface area contributed by atoms with Crippen LogP contribution in [-0.2, 0) is 6.54 Å². The molecule has 0 N–H and O–H groups in total. The average Bonchev–Trinajstić information content (AvgIpc) is 2.61. The number of pyridine rings is 1. The van der Waals surface area contributed by atoms with Gasteiger partial charge in [-0.25, -0.2) is 14.6 Å². The maximum absolute atomic E-state index is 12.1. The van der Waals surface area contributed by atoms with E-state index < -0.39 is 0 Å². The van der Waals surface area contributed by atoms with Gasteiger partial charge in [-0.05, 0) is 18.2 Å². The first-order chi connectivity index (χ1) is 12.2. The van der Waals surface area contributed by atoms with Gasteiger partial charge in [-0.1, -0.05) is 11.6 Å². The third-order valence-corrected chi connectivity index (χ3v) is 4.32. The molecule has 8 heteroatoms. The van der Waals surface area contributed by atoms with Crippen molar-refractivity contribution in [3.05, 3.63) is 64.4 Å². The van der Waals surface area contributed by atoms with Crippen molar-refractivity contribution in [2.24, 2.45) is 5.92 Å². The Morgan fingerprint density at radius 3 is 2.52 bits per heavy atom. The highest BCUT2D eigenvalue weighted by Gasteiger charge is 2.29. The third kappa shape index (κ3) is 3.36. The van der Waals surface area contributed by atoms with Crippen molar-refractivity contribution in [1.29, 1.82) is 0 Å². The minimum absolute atomic E-state index is 0.0981. The Balaban J connectivity index is 1.45. The Hall–Kier alpha value is -2.80. The van der Waals surface area contributed by atoms with Crippen LogP contribution >= 0.6 is 11.6 Å². The summed E-state index contributed by atoms with van der Waals surface area (Å²) < 4.78 is 1.53. The van der Waals surface area contributed by atoms with E-state index in [0.29, 0.717) is 23.4 Å². The molecule has 0 spiro atoms. The molecule has 4 heterocycles. The van der Waals surface area contributed by atoms with Crippen LogP contribution in [0.2, 0.25) is 5.02 Å². The normalized spacial score (nSPS) is 14.4. The van der Waals surface area contributed by atoms with E-state index in [-0.39, 0.29) is 5.56 Å². The molecule has 1 aliphatic rings. The van der Waals surface area contributed by atoms with Gasteiger partial charge in [0.25, 0.3) is 5.56 Å². The molecular weight excluding hydrogens is 340 g/mol. The van der Waals surface area contributed by atoms with Crippen LogP contribution in [0.5, 0.6) is 0 Å². The first-order valence-corrected chi connectivity index (χ1v) is 8.28. The number of halogens is 1. The number of aromatic nitrogens is 5. The van der Waals surface area contributed by atoms with E-state index in [1.807, 2.05) is 12.1 Å². The molecule has 3 aromatic rings. The Morgan fingerprint density at radius 1 is 1.08 bits per heavy atom. The van der Waals surface area contributed by atoms with Crippen LogP contribution in [0.1, 0.15) is 0 Å². The molecule has 0 aromatic carbocycles. The summed E-state index contributed by atoms with van der Waals surface area (Å²) in [6.07, 6.45) is 6.59. The standard InChI is InChI=1S/C17H15ClN6O/c18-14-7-20-17(21-8-14)23-9-12(10-23)11-24-16(25)2-1-15(22-24)13-3-5-19-6-4-13/h1-8,12H,9-11H2. The Morgan fingerprint density at radius 2 is 1.80 bits per heavy atom. The Bertz CT molecular complexity index is 922. The molecule has 0 amide bonds. The number of hydrogen-bond acceptors (Lipinski definition) is 6. The zero-order valence-corrected chi connectivity index (χ0v) is 14.0. The Kier molecular flexibility index (Phi) is 4.15. The van der Waals surface area contributed by atoms with E-state index in [9.17, 15) is 4.79 Å². The van der Waals surface area contributed by atoms with Gasteiger partial charge >= 0.3 is 0 Å². The fraction of sp³-hybridized carbons (Fsp3) is 0.235. The summed E-state index contributed by atoms with van der Waals surface area (Å²) in [7, 11) is 0. The zero-order chi connectivity index (χ0) is 17.2. The van der Waals surface area contributed by atoms with Gasteiger partial charge in [0, 0.05) is 43.0 Å². The largest absolute Gasteiger partial charge is 0.340 e. The highest BCUT2D eigenvalue weighted by atomic mass is 35.5. The average molecular weight is 355 g/mol. The van der Waals surface area contributed by atoms with Crippen molar-refractivity contribution < 1.29 is 0 Å². The predicted molar refractivity (Wildman–Crippen MR) is 94.5 cm³/mol. The van der Waals surface area contributed by atoms with E-state index >= 15 is 0 Å². The molecule has 0 unspecified atom stereocenters. The van der Waals surface area contributed by atoms with Crippen molar-refractivity contribution >= 4 is 17.5 Å². The van der Waals surface area contributed by atoms with Crippen LogP contribution in [-0.4, -0.2) is 37.8 Å². The molecule has 4 rings (SSSR count). The molecule has 126 valence electrons. The third-order valence-electron chi connectivity index (χ3n) is 4.12. The van der Waals surface area contributed by atoms with Crippen molar-refractivity contribution in [3.63, 3.8) is 0 Å². The maximum atomic E-state index is 12.1. The van der Waals surface area contributed by atoms with Crippen LogP contribution < -0.4 is 10.5 Å². The van der Waals surface area contributed by atoms with Gasteiger partial charge in [-0.15, -0.1) is 0 Å². The van der Waals surface area contributed by atoms with Gasteiger partial charge in [0.15, 0.2) is 0 Å². The lowest BCUT2D eigenvalue weighted by Gasteiger charge is -2.39. The Labute approximate surface area is 149 Å². The van der Waals surface area contributed by atoms with Crippen molar-refractivity contribution in [1.82, 2.24) is 24.7 Å². The summed E-state index contributed by atoms with van der Waals surface area (Å²) >= 11 is 5.80. The second-order valence-electron chi connectivity index (χ2n) is 5.95. The van der Waals surface area contributed by atoms with E-state index in [0.717, 1.165) is 24.3 Å². The summed E-state index contributed by atoms with van der Waals surface area (Å²) in [5.41, 5.74) is 1.60. The maximum Gasteiger partial charge on any atom is 0.266 e. The SMILES string of the molecule is O=c1ccc(-c2ccncc2)nn1CC1CN(c2ncc(Cl)cn2)C1. The number of hydrogen-bond donors (Lipinski definition) is 0. The molecule has 0 saturated carbocycles. The minimum atomic E-state index is -0.0981. The van der Waals surface area contributed by atoms with E-state index in [1.54, 1.807) is 36.9 Å². The second kappa shape index (κ2) is 6.60. The van der Waals surface area contributed by atoms with Crippen molar-refractivity contribution in [2.75, 3.05) is 18.0 Å². The quantitative estimate of drug-likeness (QED) is 0.712. The van der Waals surface area contributed by atoms with Gasteiger partial charge in [-0.2, -0.15) is 5.10 Å². The predicted octanol–water partition coefficient (Wildman–Crippen LogP) is 1.89. The first kappa shape index (κ1) is 15.7. The summed E-state index contributed by atoms with van der Waals surface area (Å²) in [6.45, 7) is 2.15. The first-order valence-electron chi connectivity index (χ1n) is 7.90. The lowest BCUT2D eigenvalue weighted by atomic mass is 10.0. The summed E-state index contributed by atoms with van der Waals surface area (Å²) in [6, 6.07) is 7.05. The number of rotatable bonds is 4. The molecule has 3 aromatic heterocycles. The van der Waals surface area contributed by atoms with Crippen LogP contribution in [0.15, 0.2) is 53.8 Å². The monoisotopic (exact) mass is 354 g/mol. The van der Waals surface area contributed by atoms with Gasteiger partial charge in [0.1, 0.15) is 0 Å². The van der Waals surface area contributed by atoms with Crippen LogP contribution in [0.4, 0.5) is 5.95 Å². The molecule has 1 fully saturated rings. The topological polar surface area (TPSA) is 76.8 Å². The van der Waals surface area contributed by atoms with Crippen molar-refractivity contribution in [2.45, 2.75) is 6.54 Å². The van der Waals surface area contributed by atoms with Gasteiger partial charge in [0.05, 0.1) is 29.7 Å². The minimum Gasteiger partial charge on any atom is -0.340 e. The van der Waals surface area contributed by atoms with Gasteiger partial charge < -0.3 is 4.90 Å². The smallest absolute Gasteiger partial charge is 0.266 e. The molecule has 1 saturated heterocycles. The summed E-state index contributed by atoms with van der Waals surface area (Å²) in [5, 5.41) is 5.00. The highest BCUT2D eigenvalue weighted by molar-refractivity contribution is 6.30. The summed E-state index contributed by atoms with van der Waals surface area (Å²) in [5.74, 6) is 0.990. The van der Waals surface area contributed by atoms with Crippen molar-refractivity contribution in [3.8, 4) is 11.3 Å². The highest BCUT2D eigenvalue weighted by Crippen LogP contribution is 2.22. The van der Waals surface area contributed by atoms with E-state index in [2.05, 4.69) is 25.0 Å². The summed E-state index contributed by atoms with van der Waals surface area (Å²) in [4.78, 5) is 26.6. The van der Waals surface area contributed by atoms with Gasteiger partial charge in [0.2, 0.25) is 5.95 Å². The molecule has 0 bridgehead atoms. The fourth-order valence-electron chi connectivity index (χ4n) is 2.82. The fourth-order valence-corrected chi connectivity index (χ4v) is 2.92. The van der Waals surface area contributed by atoms with Crippen LogP contribution in [0.25, 0.3) is 11.3 Å². The van der Waals surface area contributed by atoms with E-state index in [4.69, 9.17) is 11.6 Å². The zero-order valence-electron chi connectivity index (χ0n) is 13.3.